The Balaban J connectivity index is 0.000000561. The van der Waals surface area contributed by atoms with Gasteiger partial charge in [-0.2, -0.15) is 4.98 Å². The fourth-order valence-electron chi connectivity index (χ4n) is 2.18. The van der Waals surface area contributed by atoms with Gasteiger partial charge in [-0.1, -0.05) is 27.7 Å². The maximum Gasteiger partial charge on any atom is 0.280 e. The van der Waals surface area contributed by atoms with Crippen LogP contribution in [-0.2, 0) is 4.74 Å². The normalized spacial score (nSPS) is 20.0. The van der Waals surface area contributed by atoms with Crippen LogP contribution in [0.25, 0.3) is 11.2 Å². The number of ether oxygens (including phenoxy) is 1. The molecule has 0 amide bonds. The summed E-state index contributed by atoms with van der Waals surface area (Å²) in [5, 5.41) is 9.04. The highest BCUT2D eigenvalue weighted by Crippen LogP contribution is 2.29. The number of H-pyrrole nitrogens is 1. The quantitative estimate of drug-likeness (QED) is 0.771. The third kappa shape index (κ3) is 3.63. The Hall–Kier alpha value is -1.93. The molecule has 124 valence electrons. The fraction of sp³-hybridized carbons (Fsp3) is 0.643. The zero-order valence-electron chi connectivity index (χ0n) is 13.5. The third-order valence-electron chi connectivity index (χ3n) is 3.05. The molecule has 0 aliphatic carbocycles. The van der Waals surface area contributed by atoms with Crippen LogP contribution in [0.4, 0.5) is 5.95 Å². The van der Waals surface area contributed by atoms with E-state index in [1.807, 2.05) is 27.7 Å². The predicted octanol–water partition coefficient (Wildman–Crippen LogP) is 1.42. The molecule has 4 N–H and O–H groups in total. The number of nitrogens with one attached hydrogen (secondary N) is 1. The Morgan fingerprint density at radius 2 is 2.09 bits per heavy atom. The Morgan fingerprint density at radius 3 is 2.68 bits per heavy atom. The maximum absolute atomic E-state index is 11.6. The number of rotatable bonds is 2. The van der Waals surface area contributed by atoms with Gasteiger partial charge in [-0.15, -0.1) is 0 Å². The number of hydrogen-bond acceptors (Lipinski definition) is 6. The molecule has 0 aromatic carbocycles. The van der Waals surface area contributed by atoms with Crippen molar-refractivity contribution in [2.75, 3.05) is 12.3 Å². The van der Waals surface area contributed by atoms with E-state index >= 15 is 0 Å². The fourth-order valence-corrected chi connectivity index (χ4v) is 2.18. The zero-order chi connectivity index (χ0) is 16.7. The van der Waals surface area contributed by atoms with Gasteiger partial charge in [0.25, 0.3) is 5.56 Å². The first-order chi connectivity index (χ1) is 10.7. The lowest BCUT2D eigenvalue weighted by molar-refractivity contribution is -0.0207. The average Bonchev–Trinajstić information content (AvgIpc) is 3.17. The summed E-state index contributed by atoms with van der Waals surface area (Å²) in [6.07, 6.45) is 2.58. The van der Waals surface area contributed by atoms with Crippen molar-refractivity contribution in [3.8, 4) is 0 Å². The van der Waals surface area contributed by atoms with Gasteiger partial charge < -0.3 is 15.6 Å². The van der Waals surface area contributed by atoms with Crippen LogP contribution < -0.4 is 11.3 Å². The minimum absolute atomic E-state index is 0.0146. The van der Waals surface area contributed by atoms with Crippen molar-refractivity contribution in [1.82, 2.24) is 19.5 Å². The van der Waals surface area contributed by atoms with E-state index in [9.17, 15) is 4.79 Å². The van der Waals surface area contributed by atoms with Gasteiger partial charge in [-0.05, 0) is 12.8 Å². The summed E-state index contributed by atoms with van der Waals surface area (Å²) in [5.41, 5.74) is 5.79. The van der Waals surface area contributed by atoms with Gasteiger partial charge in [0.15, 0.2) is 11.2 Å². The molecule has 1 aliphatic heterocycles. The van der Waals surface area contributed by atoms with Crippen LogP contribution in [0.5, 0.6) is 0 Å². The summed E-state index contributed by atoms with van der Waals surface area (Å²) in [6.45, 7) is 7.99. The van der Waals surface area contributed by atoms with E-state index in [0.29, 0.717) is 5.65 Å². The third-order valence-corrected chi connectivity index (χ3v) is 3.05. The molecule has 8 heteroatoms. The molecule has 1 saturated heterocycles. The molecule has 2 atom stereocenters. The highest BCUT2D eigenvalue weighted by molar-refractivity contribution is 5.70. The van der Waals surface area contributed by atoms with E-state index in [-0.39, 0.29) is 36.0 Å². The lowest BCUT2D eigenvalue weighted by Crippen LogP contribution is -2.16. The van der Waals surface area contributed by atoms with Crippen molar-refractivity contribution in [3.63, 3.8) is 0 Å². The van der Waals surface area contributed by atoms with Crippen LogP contribution in [0, 0.1) is 0 Å². The molecule has 1 aliphatic rings. The molecular weight excluding hydrogens is 286 g/mol. The van der Waals surface area contributed by atoms with Crippen LogP contribution >= 0.6 is 0 Å². The number of fused-ring (bicyclic) bond motifs is 1. The molecule has 0 spiro atoms. The van der Waals surface area contributed by atoms with E-state index in [1.54, 1.807) is 4.57 Å². The summed E-state index contributed by atoms with van der Waals surface area (Å²) in [5.74, 6) is 0.0472. The molecule has 0 saturated carbocycles. The average molecular weight is 311 g/mol. The van der Waals surface area contributed by atoms with Crippen molar-refractivity contribution in [3.05, 3.63) is 16.7 Å². The molecule has 3 heterocycles. The first-order valence-corrected chi connectivity index (χ1v) is 7.67. The summed E-state index contributed by atoms with van der Waals surface area (Å²) in [6, 6.07) is 0. The minimum Gasteiger partial charge on any atom is -0.394 e. The van der Waals surface area contributed by atoms with E-state index in [0.717, 1.165) is 12.8 Å². The SMILES string of the molecule is CC.CC.Nc1nc2c(ncn2C2CCC(CO)O2)c(=O)[nH]1. The Bertz CT molecular complexity index is 637. The van der Waals surface area contributed by atoms with E-state index in [4.69, 9.17) is 15.6 Å². The maximum atomic E-state index is 11.6. The largest absolute Gasteiger partial charge is 0.394 e. The second-order valence-corrected chi connectivity index (χ2v) is 4.25. The van der Waals surface area contributed by atoms with Gasteiger partial charge in [0.1, 0.15) is 6.23 Å². The summed E-state index contributed by atoms with van der Waals surface area (Å²) in [4.78, 5) is 22.1. The number of aromatic nitrogens is 4. The Kier molecular flexibility index (Phi) is 7.00. The van der Waals surface area contributed by atoms with Gasteiger partial charge >= 0.3 is 0 Å². The van der Waals surface area contributed by atoms with Gasteiger partial charge in [0.05, 0.1) is 19.0 Å². The Morgan fingerprint density at radius 1 is 1.41 bits per heavy atom. The molecule has 8 nitrogen and oxygen atoms in total. The summed E-state index contributed by atoms with van der Waals surface area (Å²) in [7, 11) is 0. The van der Waals surface area contributed by atoms with E-state index < -0.39 is 0 Å². The number of aromatic amines is 1. The van der Waals surface area contributed by atoms with Crippen molar-refractivity contribution in [1.29, 1.82) is 0 Å². The van der Waals surface area contributed by atoms with Crippen LogP contribution in [0.3, 0.4) is 0 Å². The topological polar surface area (TPSA) is 119 Å². The molecular formula is C14H25N5O3. The van der Waals surface area contributed by atoms with Crippen LogP contribution in [-0.4, -0.2) is 37.3 Å². The highest BCUT2D eigenvalue weighted by atomic mass is 16.5. The lowest BCUT2D eigenvalue weighted by atomic mass is 10.2. The Labute approximate surface area is 129 Å². The molecule has 1 fully saturated rings. The summed E-state index contributed by atoms with van der Waals surface area (Å²) >= 11 is 0. The zero-order valence-corrected chi connectivity index (χ0v) is 13.5. The second kappa shape index (κ2) is 8.50. The number of aliphatic hydroxyl groups is 1. The molecule has 2 unspecified atom stereocenters. The van der Waals surface area contributed by atoms with Crippen LogP contribution in [0.15, 0.2) is 11.1 Å². The monoisotopic (exact) mass is 311 g/mol. The van der Waals surface area contributed by atoms with Gasteiger partial charge in [-0.3, -0.25) is 14.3 Å². The molecule has 2 aromatic rings. The number of aliphatic hydroxyl groups excluding tert-OH is 1. The van der Waals surface area contributed by atoms with Crippen molar-refractivity contribution < 1.29 is 9.84 Å². The lowest BCUT2D eigenvalue weighted by Gasteiger charge is -2.13. The van der Waals surface area contributed by atoms with E-state index in [2.05, 4.69) is 15.0 Å². The number of imidazole rings is 1. The van der Waals surface area contributed by atoms with Gasteiger partial charge in [0, 0.05) is 0 Å². The van der Waals surface area contributed by atoms with Gasteiger partial charge in [0.2, 0.25) is 5.95 Å². The van der Waals surface area contributed by atoms with Crippen molar-refractivity contribution in [2.24, 2.45) is 0 Å². The molecule has 0 radical (unpaired) electrons. The molecule has 22 heavy (non-hydrogen) atoms. The standard InChI is InChI=1S/C10H13N5O3.2C2H6/c11-10-13-8-7(9(17)14-10)12-4-15(8)6-2-1-5(3-16)18-6;2*1-2/h4-6,16H,1-3H2,(H3,11,13,14,17);2*1-2H3. The first kappa shape index (κ1) is 18.1. The smallest absolute Gasteiger partial charge is 0.280 e. The van der Waals surface area contributed by atoms with E-state index in [1.165, 1.54) is 6.33 Å². The highest BCUT2D eigenvalue weighted by Gasteiger charge is 2.27. The number of hydrogen-bond donors (Lipinski definition) is 3. The first-order valence-electron chi connectivity index (χ1n) is 7.67. The van der Waals surface area contributed by atoms with Crippen LogP contribution in [0.2, 0.25) is 0 Å². The summed E-state index contributed by atoms with van der Waals surface area (Å²) < 4.78 is 7.30. The molecule has 2 aromatic heterocycles. The second-order valence-electron chi connectivity index (χ2n) is 4.25. The van der Waals surface area contributed by atoms with Crippen LogP contribution in [0.1, 0.15) is 46.8 Å². The number of nitrogens with zero attached hydrogens (tertiary/aromatic N) is 3. The molecule has 0 bridgehead atoms. The predicted molar refractivity (Wildman–Crippen MR) is 85.5 cm³/mol. The van der Waals surface area contributed by atoms with Crippen molar-refractivity contribution >= 4 is 17.1 Å². The van der Waals surface area contributed by atoms with Gasteiger partial charge in [-0.25, -0.2) is 4.98 Å². The number of nitrogen functional groups attached to an aromatic ring is 1. The number of nitrogens with two attached hydrogens (primary N) is 1. The van der Waals surface area contributed by atoms with Crippen molar-refractivity contribution in [2.45, 2.75) is 52.9 Å². The molecule has 3 rings (SSSR count). The number of anilines is 1. The minimum atomic E-state index is -0.368.